The third-order valence-electron chi connectivity index (χ3n) is 2.86. The average molecular weight is 216 g/mol. The fourth-order valence-electron chi connectivity index (χ4n) is 2.01. The zero-order valence-corrected chi connectivity index (χ0v) is 9.95. The Morgan fingerprint density at radius 2 is 2.00 bits per heavy atom. The van der Waals surface area contributed by atoms with Crippen molar-refractivity contribution in [3.05, 3.63) is 36.5 Å². The molecule has 2 rings (SSSR count). The highest BCUT2D eigenvalue weighted by Gasteiger charge is 1.98. The molecule has 0 saturated heterocycles. The first-order valence-corrected chi connectivity index (χ1v) is 6.16. The van der Waals surface area contributed by atoms with Crippen LogP contribution >= 0.6 is 0 Å². The number of hydrogen-bond donors (Lipinski definition) is 1. The van der Waals surface area contributed by atoms with Crippen molar-refractivity contribution in [3.8, 4) is 0 Å². The Hall–Kier alpha value is -1.28. The maximum atomic E-state index is 3.43. The van der Waals surface area contributed by atoms with Gasteiger partial charge in [0.1, 0.15) is 0 Å². The first-order valence-electron chi connectivity index (χ1n) is 6.16. The number of nitrogens with zero attached hydrogens (tertiary/aromatic N) is 1. The number of rotatable bonds is 6. The molecule has 0 spiro atoms. The largest absolute Gasteiger partial charge is 0.347 e. The van der Waals surface area contributed by atoms with Gasteiger partial charge < -0.3 is 9.88 Å². The Bertz CT molecular complexity index is 431. The smallest absolute Gasteiger partial charge is 0.0480 e. The highest BCUT2D eigenvalue weighted by molar-refractivity contribution is 5.79. The van der Waals surface area contributed by atoms with Gasteiger partial charge in [0.15, 0.2) is 0 Å². The lowest BCUT2D eigenvalue weighted by atomic mass is 10.2. The first kappa shape index (κ1) is 11.2. The van der Waals surface area contributed by atoms with E-state index < -0.39 is 0 Å². The molecule has 0 aliphatic rings. The van der Waals surface area contributed by atoms with E-state index in [1.807, 2.05) is 0 Å². The zero-order chi connectivity index (χ0) is 11.2. The van der Waals surface area contributed by atoms with E-state index in [0.29, 0.717) is 0 Å². The van der Waals surface area contributed by atoms with Crippen LogP contribution in [-0.2, 0) is 6.54 Å². The van der Waals surface area contributed by atoms with Crippen molar-refractivity contribution in [3.63, 3.8) is 0 Å². The predicted molar refractivity (Wildman–Crippen MR) is 69.7 cm³/mol. The van der Waals surface area contributed by atoms with Gasteiger partial charge >= 0.3 is 0 Å². The molecule has 1 heterocycles. The van der Waals surface area contributed by atoms with Crippen molar-refractivity contribution < 1.29 is 0 Å². The van der Waals surface area contributed by atoms with Crippen molar-refractivity contribution >= 4 is 10.9 Å². The summed E-state index contributed by atoms with van der Waals surface area (Å²) in [5.41, 5.74) is 1.35. The van der Waals surface area contributed by atoms with Gasteiger partial charge in [-0.1, -0.05) is 25.1 Å². The molecule has 0 unspecified atom stereocenters. The van der Waals surface area contributed by atoms with E-state index in [1.54, 1.807) is 0 Å². The summed E-state index contributed by atoms with van der Waals surface area (Å²) in [4.78, 5) is 0. The molecule has 0 radical (unpaired) electrons. The second-order valence-electron chi connectivity index (χ2n) is 4.17. The van der Waals surface area contributed by atoms with E-state index in [-0.39, 0.29) is 0 Å². The van der Waals surface area contributed by atoms with Crippen molar-refractivity contribution in [2.75, 3.05) is 13.1 Å². The van der Waals surface area contributed by atoms with Crippen LogP contribution in [0.25, 0.3) is 10.9 Å². The average Bonchev–Trinajstić information content (AvgIpc) is 2.73. The lowest BCUT2D eigenvalue weighted by Gasteiger charge is -2.06. The van der Waals surface area contributed by atoms with Gasteiger partial charge in [0.2, 0.25) is 0 Å². The molecule has 2 nitrogen and oxygen atoms in total. The summed E-state index contributed by atoms with van der Waals surface area (Å²) >= 11 is 0. The third kappa shape index (κ3) is 2.64. The maximum absolute atomic E-state index is 3.43. The van der Waals surface area contributed by atoms with Crippen LogP contribution in [0.4, 0.5) is 0 Å². The van der Waals surface area contributed by atoms with E-state index in [1.165, 1.54) is 23.7 Å². The Morgan fingerprint density at radius 3 is 2.88 bits per heavy atom. The van der Waals surface area contributed by atoms with Gasteiger partial charge in [-0.3, -0.25) is 0 Å². The minimum absolute atomic E-state index is 1.10. The molecule has 0 bridgehead atoms. The zero-order valence-electron chi connectivity index (χ0n) is 9.95. The number of benzene rings is 1. The molecule has 1 aromatic carbocycles. The van der Waals surface area contributed by atoms with Gasteiger partial charge in [0.05, 0.1) is 0 Å². The predicted octanol–water partition coefficient (Wildman–Crippen LogP) is 3.03. The van der Waals surface area contributed by atoms with Crippen LogP contribution < -0.4 is 5.32 Å². The van der Waals surface area contributed by atoms with Crippen LogP contribution in [-0.4, -0.2) is 17.7 Å². The highest BCUT2D eigenvalue weighted by Crippen LogP contribution is 2.14. The summed E-state index contributed by atoms with van der Waals surface area (Å²) in [6.45, 7) is 5.55. The Balaban J connectivity index is 1.89. The molecule has 1 aromatic heterocycles. The SMILES string of the molecule is CCCNCCCn1ccc2ccccc21. The molecule has 0 atom stereocenters. The molecule has 86 valence electrons. The van der Waals surface area contributed by atoms with Crippen molar-refractivity contribution in [2.24, 2.45) is 0 Å². The lowest BCUT2D eigenvalue weighted by molar-refractivity contribution is 0.587. The summed E-state index contributed by atoms with van der Waals surface area (Å²) in [7, 11) is 0. The highest BCUT2D eigenvalue weighted by atomic mass is 15.0. The maximum Gasteiger partial charge on any atom is 0.0480 e. The van der Waals surface area contributed by atoms with Crippen molar-refractivity contribution in [1.29, 1.82) is 0 Å². The molecule has 0 aliphatic carbocycles. The second-order valence-corrected chi connectivity index (χ2v) is 4.17. The van der Waals surface area contributed by atoms with E-state index in [9.17, 15) is 0 Å². The summed E-state index contributed by atoms with van der Waals surface area (Å²) in [5, 5.41) is 4.77. The summed E-state index contributed by atoms with van der Waals surface area (Å²) in [5.74, 6) is 0. The Labute approximate surface area is 97.3 Å². The molecule has 0 saturated carbocycles. The molecule has 16 heavy (non-hydrogen) atoms. The number of hydrogen-bond acceptors (Lipinski definition) is 1. The molecular weight excluding hydrogens is 196 g/mol. The minimum atomic E-state index is 1.10. The van der Waals surface area contributed by atoms with Crippen LogP contribution in [0.15, 0.2) is 36.5 Å². The van der Waals surface area contributed by atoms with Gasteiger partial charge in [-0.05, 0) is 43.5 Å². The molecular formula is C14H20N2. The molecule has 1 N–H and O–H groups in total. The first-order chi connectivity index (χ1) is 7.92. The van der Waals surface area contributed by atoms with Crippen molar-refractivity contribution in [1.82, 2.24) is 9.88 Å². The monoisotopic (exact) mass is 216 g/mol. The van der Waals surface area contributed by atoms with Crippen LogP contribution in [0.2, 0.25) is 0 Å². The summed E-state index contributed by atoms with van der Waals surface area (Å²) < 4.78 is 2.34. The van der Waals surface area contributed by atoms with Crippen molar-refractivity contribution in [2.45, 2.75) is 26.3 Å². The third-order valence-corrected chi connectivity index (χ3v) is 2.86. The molecule has 2 aromatic rings. The van der Waals surface area contributed by atoms with Gasteiger partial charge in [-0.25, -0.2) is 0 Å². The summed E-state index contributed by atoms with van der Waals surface area (Å²) in [6, 6.07) is 10.7. The van der Waals surface area contributed by atoms with Gasteiger partial charge in [-0.2, -0.15) is 0 Å². The fraction of sp³-hybridized carbons (Fsp3) is 0.429. The quantitative estimate of drug-likeness (QED) is 0.734. The van der Waals surface area contributed by atoms with E-state index in [2.05, 4.69) is 53.3 Å². The standard InChI is InChI=1S/C14H20N2/c1-2-9-15-10-5-11-16-12-8-13-6-3-4-7-14(13)16/h3-4,6-8,12,15H,2,5,9-11H2,1H3. The van der Waals surface area contributed by atoms with E-state index in [0.717, 1.165) is 19.6 Å². The van der Waals surface area contributed by atoms with E-state index in [4.69, 9.17) is 0 Å². The van der Waals surface area contributed by atoms with E-state index >= 15 is 0 Å². The van der Waals surface area contributed by atoms with Gasteiger partial charge in [-0.15, -0.1) is 0 Å². The number of fused-ring (bicyclic) bond motifs is 1. The molecule has 0 amide bonds. The fourth-order valence-corrected chi connectivity index (χ4v) is 2.01. The van der Waals surface area contributed by atoms with Gasteiger partial charge in [0, 0.05) is 18.3 Å². The van der Waals surface area contributed by atoms with Crippen LogP contribution in [0.3, 0.4) is 0 Å². The van der Waals surface area contributed by atoms with Gasteiger partial charge in [0.25, 0.3) is 0 Å². The van der Waals surface area contributed by atoms with Crippen LogP contribution in [0, 0.1) is 0 Å². The number of aromatic nitrogens is 1. The van der Waals surface area contributed by atoms with Crippen LogP contribution in [0.1, 0.15) is 19.8 Å². The topological polar surface area (TPSA) is 17.0 Å². The molecule has 2 heteroatoms. The normalized spacial score (nSPS) is 11.1. The number of nitrogens with one attached hydrogen (secondary N) is 1. The minimum Gasteiger partial charge on any atom is -0.347 e. The second kappa shape index (κ2) is 5.71. The summed E-state index contributed by atoms with van der Waals surface area (Å²) in [6.07, 6.45) is 4.59. The number of para-hydroxylation sites is 1. The lowest BCUT2D eigenvalue weighted by Crippen LogP contribution is -2.17. The number of aryl methyl sites for hydroxylation is 1. The molecule has 0 aliphatic heterocycles. The van der Waals surface area contributed by atoms with Crippen LogP contribution in [0.5, 0.6) is 0 Å². The molecule has 0 fully saturated rings. The Morgan fingerprint density at radius 1 is 1.12 bits per heavy atom. The Kier molecular flexibility index (Phi) is 4.00.